The highest BCUT2D eigenvalue weighted by molar-refractivity contribution is 5.67. The van der Waals surface area contributed by atoms with E-state index < -0.39 is 0 Å². The van der Waals surface area contributed by atoms with Crippen molar-refractivity contribution < 1.29 is 0 Å². The summed E-state index contributed by atoms with van der Waals surface area (Å²) in [6, 6.07) is 0.699. The van der Waals surface area contributed by atoms with Gasteiger partial charge in [-0.1, -0.05) is 26.2 Å². The van der Waals surface area contributed by atoms with Crippen molar-refractivity contribution in [3.8, 4) is 0 Å². The van der Waals surface area contributed by atoms with Crippen molar-refractivity contribution in [1.82, 2.24) is 9.78 Å². The Morgan fingerprint density at radius 1 is 1.20 bits per heavy atom. The summed E-state index contributed by atoms with van der Waals surface area (Å²) in [6.07, 6.45) is 10.3. The molecule has 0 aromatic carbocycles. The second kappa shape index (κ2) is 5.66. The zero-order valence-corrected chi connectivity index (χ0v) is 12.9. The highest BCUT2D eigenvalue weighted by Crippen LogP contribution is 2.40. The Balaban J connectivity index is 1.90. The first kappa shape index (κ1) is 13.8. The molecule has 1 aromatic heterocycles. The molecule has 4 nitrogen and oxygen atoms in total. The fraction of sp³-hybridized carbons (Fsp3) is 0.812. The molecule has 4 heteroatoms. The molecular formula is C16H28N4. The van der Waals surface area contributed by atoms with E-state index in [-0.39, 0.29) is 0 Å². The number of nitrogen functional groups attached to an aromatic ring is 1. The van der Waals surface area contributed by atoms with Gasteiger partial charge in [0.05, 0.1) is 11.4 Å². The van der Waals surface area contributed by atoms with Crippen LogP contribution >= 0.6 is 0 Å². The smallest absolute Gasteiger partial charge is 0.150 e. The van der Waals surface area contributed by atoms with E-state index in [0.717, 1.165) is 36.7 Å². The molecule has 2 unspecified atom stereocenters. The van der Waals surface area contributed by atoms with Crippen molar-refractivity contribution in [1.29, 1.82) is 0 Å². The third kappa shape index (κ3) is 2.29. The lowest BCUT2D eigenvalue weighted by Gasteiger charge is -2.45. The second-order valence-corrected chi connectivity index (χ2v) is 6.51. The normalized spacial score (nSPS) is 26.6. The van der Waals surface area contributed by atoms with Crippen LogP contribution in [0.15, 0.2) is 0 Å². The van der Waals surface area contributed by atoms with E-state index in [4.69, 9.17) is 5.73 Å². The molecule has 1 saturated carbocycles. The molecule has 0 bridgehead atoms. The van der Waals surface area contributed by atoms with Crippen molar-refractivity contribution in [2.24, 2.45) is 13.0 Å². The maximum atomic E-state index is 6.42. The number of aryl methyl sites for hydroxylation is 2. The second-order valence-electron chi connectivity index (χ2n) is 6.51. The summed E-state index contributed by atoms with van der Waals surface area (Å²) in [5.74, 6) is 2.06. The summed E-state index contributed by atoms with van der Waals surface area (Å²) >= 11 is 0. The van der Waals surface area contributed by atoms with Gasteiger partial charge in [0.2, 0.25) is 0 Å². The zero-order chi connectivity index (χ0) is 14.1. The molecule has 2 fully saturated rings. The molecule has 3 rings (SSSR count). The van der Waals surface area contributed by atoms with Crippen LogP contribution in [0.1, 0.15) is 57.6 Å². The van der Waals surface area contributed by atoms with Crippen molar-refractivity contribution >= 4 is 11.5 Å². The van der Waals surface area contributed by atoms with Crippen molar-refractivity contribution in [2.45, 2.75) is 64.3 Å². The van der Waals surface area contributed by atoms with Gasteiger partial charge in [-0.3, -0.25) is 4.68 Å². The molecule has 1 aromatic rings. The topological polar surface area (TPSA) is 47.1 Å². The molecule has 2 aliphatic rings. The lowest BCUT2D eigenvalue weighted by Crippen LogP contribution is -2.47. The van der Waals surface area contributed by atoms with Crippen LogP contribution in [0.25, 0.3) is 0 Å². The van der Waals surface area contributed by atoms with Crippen molar-refractivity contribution in [3.05, 3.63) is 5.69 Å². The molecule has 1 saturated heterocycles. The van der Waals surface area contributed by atoms with E-state index in [0.29, 0.717) is 6.04 Å². The molecule has 112 valence electrons. The molecule has 0 spiro atoms. The SMILES string of the molecule is CCCc1nn(C)c(N2CCCC3CCCCC32)c1N. The van der Waals surface area contributed by atoms with Crippen LogP contribution in [-0.4, -0.2) is 22.4 Å². The zero-order valence-electron chi connectivity index (χ0n) is 12.9. The fourth-order valence-electron chi connectivity index (χ4n) is 4.24. The lowest BCUT2D eigenvalue weighted by atomic mass is 9.78. The van der Waals surface area contributed by atoms with Gasteiger partial charge in [-0.15, -0.1) is 0 Å². The van der Waals surface area contributed by atoms with E-state index in [1.807, 2.05) is 4.68 Å². The van der Waals surface area contributed by atoms with Crippen LogP contribution in [0, 0.1) is 5.92 Å². The predicted octanol–water partition coefficient (Wildman–Crippen LogP) is 3.11. The molecule has 20 heavy (non-hydrogen) atoms. The predicted molar refractivity (Wildman–Crippen MR) is 83.9 cm³/mol. The number of anilines is 2. The number of fused-ring (bicyclic) bond motifs is 1. The van der Waals surface area contributed by atoms with Gasteiger partial charge in [0, 0.05) is 19.6 Å². The van der Waals surface area contributed by atoms with Gasteiger partial charge in [0.15, 0.2) is 5.82 Å². The average molecular weight is 276 g/mol. The largest absolute Gasteiger partial charge is 0.394 e. The van der Waals surface area contributed by atoms with Gasteiger partial charge >= 0.3 is 0 Å². The number of aromatic nitrogens is 2. The van der Waals surface area contributed by atoms with Crippen LogP contribution in [0.4, 0.5) is 11.5 Å². The Hall–Kier alpha value is -1.19. The minimum Gasteiger partial charge on any atom is -0.394 e. The first-order chi connectivity index (χ1) is 9.72. The summed E-state index contributed by atoms with van der Waals surface area (Å²) in [4.78, 5) is 2.58. The van der Waals surface area contributed by atoms with Gasteiger partial charge in [-0.2, -0.15) is 5.10 Å². The van der Waals surface area contributed by atoms with E-state index in [1.54, 1.807) is 0 Å². The maximum absolute atomic E-state index is 6.42. The molecule has 2 atom stereocenters. The Labute approximate surface area is 122 Å². The molecule has 2 heterocycles. The Kier molecular flexibility index (Phi) is 3.90. The average Bonchev–Trinajstić information content (AvgIpc) is 2.74. The Morgan fingerprint density at radius 3 is 2.75 bits per heavy atom. The van der Waals surface area contributed by atoms with E-state index in [9.17, 15) is 0 Å². The van der Waals surface area contributed by atoms with Crippen molar-refractivity contribution in [3.63, 3.8) is 0 Å². The Bertz CT molecular complexity index is 463. The van der Waals surface area contributed by atoms with Crippen LogP contribution < -0.4 is 10.6 Å². The summed E-state index contributed by atoms with van der Waals surface area (Å²) in [6.45, 7) is 3.34. The first-order valence-electron chi connectivity index (χ1n) is 8.30. The summed E-state index contributed by atoms with van der Waals surface area (Å²) in [5.41, 5.74) is 8.44. The molecule has 0 radical (unpaired) electrons. The summed E-state index contributed by atoms with van der Waals surface area (Å²) in [7, 11) is 2.05. The van der Waals surface area contributed by atoms with E-state index in [2.05, 4.69) is 24.0 Å². The minimum absolute atomic E-state index is 0.699. The molecule has 1 aliphatic carbocycles. The van der Waals surface area contributed by atoms with Gasteiger partial charge in [0.1, 0.15) is 0 Å². The summed E-state index contributed by atoms with van der Waals surface area (Å²) < 4.78 is 2.03. The Morgan fingerprint density at radius 2 is 1.95 bits per heavy atom. The number of hydrogen-bond acceptors (Lipinski definition) is 3. The standard InChI is InChI=1S/C16H28N4/c1-3-7-13-15(17)16(19(2)18-13)20-11-6-9-12-8-4-5-10-14(12)20/h12,14H,3-11,17H2,1-2H3. The maximum Gasteiger partial charge on any atom is 0.150 e. The van der Waals surface area contributed by atoms with Gasteiger partial charge in [-0.25, -0.2) is 0 Å². The number of hydrogen-bond donors (Lipinski definition) is 1. The summed E-state index contributed by atoms with van der Waals surface area (Å²) in [5, 5.41) is 4.66. The van der Waals surface area contributed by atoms with Gasteiger partial charge in [-0.05, 0) is 38.0 Å². The van der Waals surface area contributed by atoms with E-state index in [1.165, 1.54) is 44.3 Å². The highest BCUT2D eigenvalue weighted by atomic mass is 15.4. The monoisotopic (exact) mass is 276 g/mol. The van der Waals surface area contributed by atoms with Crippen LogP contribution in [0.3, 0.4) is 0 Å². The molecule has 1 aliphatic heterocycles. The minimum atomic E-state index is 0.699. The number of piperidine rings is 1. The molecular weight excluding hydrogens is 248 g/mol. The van der Waals surface area contributed by atoms with Crippen molar-refractivity contribution in [2.75, 3.05) is 17.2 Å². The van der Waals surface area contributed by atoms with Crippen LogP contribution in [0.5, 0.6) is 0 Å². The fourth-order valence-corrected chi connectivity index (χ4v) is 4.24. The van der Waals surface area contributed by atoms with Gasteiger partial charge < -0.3 is 10.6 Å². The number of nitrogens with two attached hydrogens (primary N) is 1. The third-order valence-corrected chi connectivity index (χ3v) is 5.13. The number of rotatable bonds is 3. The third-order valence-electron chi connectivity index (χ3n) is 5.13. The molecule has 0 amide bonds. The lowest BCUT2D eigenvalue weighted by molar-refractivity contribution is 0.241. The molecule has 2 N–H and O–H groups in total. The van der Waals surface area contributed by atoms with E-state index >= 15 is 0 Å². The first-order valence-corrected chi connectivity index (χ1v) is 8.30. The highest BCUT2D eigenvalue weighted by Gasteiger charge is 2.35. The quantitative estimate of drug-likeness (QED) is 0.922. The van der Waals surface area contributed by atoms with Gasteiger partial charge in [0.25, 0.3) is 0 Å². The van der Waals surface area contributed by atoms with Crippen LogP contribution in [0.2, 0.25) is 0 Å². The van der Waals surface area contributed by atoms with Crippen LogP contribution in [-0.2, 0) is 13.5 Å². The number of nitrogens with zero attached hydrogens (tertiary/aromatic N) is 3.